The maximum Gasteiger partial charge on any atom is 0.313 e. The molecule has 7 nitrogen and oxygen atoms in total. The number of aromatic amines is 1. The molecular formula is C16H17N5O2S. The Morgan fingerprint density at radius 3 is 2.62 bits per heavy atom. The Bertz CT molecular complexity index is 837. The van der Waals surface area contributed by atoms with E-state index in [1.807, 2.05) is 48.7 Å². The summed E-state index contributed by atoms with van der Waals surface area (Å²) in [4.78, 5) is 10.9. The zero-order valence-electron chi connectivity index (χ0n) is 13.4. The first-order valence-corrected chi connectivity index (χ1v) is 8.39. The van der Waals surface area contributed by atoms with Gasteiger partial charge in [0.25, 0.3) is 0 Å². The number of benzene rings is 1. The molecule has 0 fully saturated rings. The monoisotopic (exact) mass is 343 g/mol. The lowest BCUT2D eigenvalue weighted by Gasteiger charge is -2.10. The van der Waals surface area contributed by atoms with Crippen LogP contribution in [-0.2, 0) is 11.2 Å². The lowest BCUT2D eigenvalue weighted by atomic mass is 10.1. The van der Waals surface area contributed by atoms with E-state index in [1.54, 1.807) is 0 Å². The number of aryl methyl sites for hydroxylation is 2. The standard InChI is InChI=1S/C16H17N5O2S/c1-10-13(11(2)18-17-10)8-14-19-20-16(24-9-15(22)23)21(14)12-6-4-3-5-7-12/h3-7H,8-9H2,1-2H3,(H,17,18)(H,22,23). The molecule has 0 bridgehead atoms. The fraction of sp³-hybridized carbons (Fsp3) is 0.250. The summed E-state index contributed by atoms with van der Waals surface area (Å²) in [6.07, 6.45) is 0.573. The average molecular weight is 343 g/mol. The summed E-state index contributed by atoms with van der Waals surface area (Å²) < 4.78 is 1.90. The Hall–Kier alpha value is -2.61. The van der Waals surface area contributed by atoms with Gasteiger partial charge in [0.1, 0.15) is 5.82 Å². The number of para-hydroxylation sites is 1. The van der Waals surface area contributed by atoms with Gasteiger partial charge in [0.05, 0.1) is 11.4 Å². The second-order valence-electron chi connectivity index (χ2n) is 5.34. The van der Waals surface area contributed by atoms with E-state index in [1.165, 1.54) is 0 Å². The van der Waals surface area contributed by atoms with Crippen molar-refractivity contribution >= 4 is 17.7 Å². The largest absolute Gasteiger partial charge is 0.481 e. The first-order valence-electron chi connectivity index (χ1n) is 7.41. The number of H-pyrrole nitrogens is 1. The van der Waals surface area contributed by atoms with Crippen LogP contribution in [0, 0.1) is 13.8 Å². The molecule has 0 amide bonds. The fourth-order valence-corrected chi connectivity index (χ4v) is 3.15. The Morgan fingerprint density at radius 2 is 2.00 bits per heavy atom. The summed E-state index contributed by atoms with van der Waals surface area (Å²) in [5.41, 5.74) is 3.91. The van der Waals surface area contributed by atoms with Crippen LogP contribution < -0.4 is 0 Å². The van der Waals surface area contributed by atoms with E-state index in [9.17, 15) is 4.79 Å². The predicted molar refractivity (Wildman–Crippen MR) is 90.6 cm³/mol. The molecule has 0 aliphatic carbocycles. The molecule has 0 radical (unpaired) electrons. The van der Waals surface area contributed by atoms with Gasteiger partial charge in [-0.2, -0.15) is 5.10 Å². The maximum atomic E-state index is 10.9. The third-order valence-corrected chi connectivity index (χ3v) is 4.57. The number of carbonyl (C=O) groups is 1. The van der Waals surface area contributed by atoms with Gasteiger partial charge in [-0.15, -0.1) is 10.2 Å². The van der Waals surface area contributed by atoms with Crippen LogP contribution in [0.4, 0.5) is 0 Å². The summed E-state index contributed by atoms with van der Waals surface area (Å²) in [6, 6.07) is 9.69. The molecule has 124 valence electrons. The molecule has 0 unspecified atom stereocenters. The Balaban J connectivity index is 2.01. The van der Waals surface area contributed by atoms with Gasteiger partial charge >= 0.3 is 5.97 Å². The number of aliphatic carboxylic acids is 1. The topological polar surface area (TPSA) is 96.7 Å². The van der Waals surface area contributed by atoms with Crippen molar-refractivity contribution in [3.8, 4) is 5.69 Å². The van der Waals surface area contributed by atoms with Crippen LogP contribution in [0.5, 0.6) is 0 Å². The van der Waals surface area contributed by atoms with Crippen LogP contribution >= 0.6 is 11.8 Å². The van der Waals surface area contributed by atoms with Crippen LogP contribution in [0.2, 0.25) is 0 Å². The predicted octanol–water partition coefficient (Wildman–Crippen LogP) is 2.37. The summed E-state index contributed by atoms with van der Waals surface area (Å²) >= 11 is 1.16. The highest BCUT2D eigenvalue weighted by Gasteiger charge is 2.18. The molecule has 3 rings (SSSR count). The smallest absolute Gasteiger partial charge is 0.313 e. The van der Waals surface area contributed by atoms with Crippen molar-refractivity contribution in [1.82, 2.24) is 25.0 Å². The third kappa shape index (κ3) is 3.33. The van der Waals surface area contributed by atoms with Gasteiger partial charge in [0, 0.05) is 23.4 Å². The second kappa shape index (κ2) is 6.88. The number of thioether (sulfide) groups is 1. The molecule has 0 aliphatic rings. The molecule has 24 heavy (non-hydrogen) atoms. The van der Waals surface area contributed by atoms with Crippen molar-refractivity contribution in [3.05, 3.63) is 53.1 Å². The highest BCUT2D eigenvalue weighted by atomic mass is 32.2. The number of nitrogens with one attached hydrogen (secondary N) is 1. The number of hydrogen-bond donors (Lipinski definition) is 2. The summed E-state index contributed by atoms with van der Waals surface area (Å²) in [5, 5.41) is 25.2. The molecular weight excluding hydrogens is 326 g/mol. The Kier molecular flexibility index (Phi) is 4.66. The van der Waals surface area contributed by atoms with Gasteiger partial charge in [-0.1, -0.05) is 30.0 Å². The lowest BCUT2D eigenvalue weighted by molar-refractivity contribution is -0.133. The molecule has 8 heteroatoms. The minimum Gasteiger partial charge on any atom is -0.481 e. The van der Waals surface area contributed by atoms with Crippen LogP contribution in [0.1, 0.15) is 22.8 Å². The molecule has 2 heterocycles. The molecule has 1 aromatic carbocycles. The number of aromatic nitrogens is 5. The van der Waals surface area contributed by atoms with Gasteiger partial charge in [-0.05, 0) is 26.0 Å². The number of carboxylic acid groups (broad SMARTS) is 1. The van der Waals surface area contributed by atoms with E-state index >= 15 is 0 Å². The summed E-state index contributed by atoms with van der Waals surface area (Å²) in [7, 11) is 0. The molecule has 0 aliphatic heterocycles. The Morgan fingerprint density at radius 1 is 1.25 bits per heavy atom. The van der Waals surface area contributed by atoms with Crippen molar-refractivity contribution in [3.63, 3.8) is 0 Å². The number of hydrogen-bond acceptors (Lipinski definition) is 5. The first kappa shape index (κ1) is 16.3. The zero-order valence-corrected chi connectivity index (χ0v) is 14.2. The summed E-state index contributed by atoms with van der Waals surface area (Å²) in [6.45, 7) is 3.92. The molecule has 2 N–H and O–H groups in total. The number of carboxylic acids is 1. The van der Waals surface area contributed by atoms with Crippen molar-refractivity contribution in [1.29, 1.82) is 0 Å². The quantitative estimate of drug-likeness (QED) is 0.667. The molecule has 2 aromatic heterocycles. The van der Waals surface area contributed by atoms with Crippen LogP contribution in [-0.4, -0.2) is 41.8 Å². The van der Waals surface area contributed by atoms with Gasteiger partial charge < -0.3 is 5.11 Å². The van der Waals surface area contributed by atoms with E-state index in [4.69, 9.17) is 5.11 Å². The van der Waals surface area contributed by atoms with Crippen molar-refractivity contribution in [2.24, 2.45) is 0 Å². The minimum absolute atomic E-state index is 0.0608. The average Bonchev–Trinajstić information content (AvgIpc) is 3.12. The molecule has 3 aromatic rings. The van der Waals surface area contributed by atoms with Gasteiger partial charge in [0.2, 0.25) is 0 Å². The van der Waals surface area contributed by atoms with Crippen molar-refractivity contribution < 1.29 is 9.90 Å². The fourth-order valence-electron chi connectivity index (χ4n) is 2.46. The van der Waals surface area contributed by atoms with Gasteiger partial charge in [0.15, 0.2) is 5.16 Å². The van der Waals surface area contributed by atoms with Crippen LogP contribution in [0.25, 0.3) is 5.69 Å². The van der Waals surface area contributed by atoms with E-state index in [0.717, 1.165) is 40.2 Å². The van der Waals surface area contributed by atoms with Crippen LogP contribution in [0.3, 0.4) is 0 Å². The SMILES string of the molecule is Cc1n[nH]c(C)c1Cc1nnc(SCC(=O)O)n1-c1ccccc1. The summed E-state index contributed by atoms with van der Waals surface area (Å²) in [5.74, 6) is -0.193. The normalized spacial score (nSPS) is 10.9. The maximum absolute atomic E-state index is 10.9. The number of rotatable bonds is 6. The Labute approximate surface area is 143 Å². The molecule has 0 atom stereocenters. The van der Waals surface area contributed by atoms with Crippen molar-refractivity contribution in [2.45, 2.75) is 25.4 Å². The van der Waals surface area contributed by atoms with Gasteiger partial charge in [-0.3, -0.25) is 14.5 Å². The number of nitrogens with zero attached hydrogens (tertiary/aromatic N) is 4. The van der Waals surface area contributed by atoms with E-state index < -0.39 is 5.97 Å². The second-order valence-corrected chi connectivity index (χ2v) is 6.28. The van der Waals surface area contributed by atoms with Gasteiger partial charge in [-0.25, -0.2) is 0 Å². The highest BCUT2D eigenvalue weighted by Crippen LogP contribution is 2.24. The van der Waals surface area contributed by atoms with Crippen molar-refractivity contribution in [2.75, 3.05) is 5.75 Å². The van der Waals surface area contributed by atoms with E-state index in [2.05, 4.69) is 20.4 Å². The highest BCUT2D eigenvalue weighted by molar-refractivity contribution is 7.99. The van der Waals surface area contributed by atoms with E-state index in [-0.39, 0.29) is 5.75 Å². The zero-order chi connectivity index (χ0) is 17.1. The van der Waals surface area contributed by atoms with Crippen LogP contribution in [0.15, 0.2) is 35.5 Å². The molecule has 0 spiro atoms. The first-order chi connectivity index (χ1) is 11.6. The van der Waals surface area contributed by atoms with E-state index in [0.29, 0.717) is 11.6 Å². The third-order valence-electron chi connectivity index (χ3n) is 3.66. The minimum atomic E-state index is -0.884. The molecule has 0 saturated carbocycles. The molecule has 0 saturated heterocycles. The lowest BCUT2D eigenvalue weighted by Crippen LogP contribution is -2.06.